The van der Waals surface area contributed by atoms with Crippen LogP contribution in [0.2, 0.25) is 10.3 Å². The summed E-state index contributed by atoms with van der Waals surface area (Å²) in [7, 11) is 1.78. The van der Waals surface area contributed by atoms with E-state index in [-0.39, 0.29) is 16.0 Å². The molecule has 122 valence electrons. The number of rotatable bonds is 4. The molecule has 0 aliphatic carbocycles. The van der Waals surface area contributed by atoms with Crippen molar-refractivity contribution in [2.75, 3.05) is 5.32 Å². The first-order valence-electron chi connectivity index (χ1n) is 6.80. The number of pyridine rings is 1. The van der Waals surface area contributed by atoms with Crippen molar-refractivity contribution in [1.82, 2.24) is 14.8 Å². The highest BCUT2D eigenvalue weighted by Gasteiger charge is 2.16. The van der Waals surface area contributed by atoms with Gasteiger partial charge in [0.15, 0.2) is 0 Å². The van der Waals surface area contributed by atoms with Crippen molar-refractivity contribution in [1.29, 1.82) is 0 Å². The summed E-state index contributed by atoms with van der Waals surface area (Å²) in [5, 5.41) is 18.8. The molecule has 0 bridgehead atoms. The average molecular weight is 364 g/mol. The van der Waals surface area contributed by atoms with Gasteiger partial charge in [-0.15, -0.1) is 0 Å². The van der Waals surface area contributed by atoms with Crippen molar-refractivity contribution < 1.29 is 4.92 Å². The van der Waals surface area contributed by atoms with Crippen molar-refractivity contribution >= 4 is 40.3 Å². The minimum absolute atomic E-state index is 0.0691. The summed E-state index contributed by atoms with van der Waals surface area (Å²) in [5.41, 5.74) is 2.26. The number of anilines is 2. The Morgan fingerprint density at radius 2 is 1.88 bits per heavy atom. The van der Waals surface area contributed by atoms with Crippen molar-refractivity contribution in [2.45, 2.75) is 0 Å². The third-order valence-electron chi connectivity index (χ3n) is 3.27. The molecular formula is C15H11Cl2N5O2. The van der Waals surface area contributed by atoms with Gasteiger partial charge in [0.1, 0.15) is 16.0 Å². The fraction of sp³-hybridized carbons (Fsp3) is 0.0667. The Labute approximate surface area is 147 Å². The van der Waals surface area contributed by atoms with E-state index < -0.39 is 4.92 Å². The summed E-state index contributed by atoms with van der Waals surface area (Å²) in [6.07, 6.45) is 3.43. The number of nitrogens with zero attached hydrogens (tertiary/aromatic N) is 4. The lowest BCUT2D eigenvalue weighted by molar-refractivity contribution is -0.383. The van der Waals surface area contributed by atoms with Crippen molar-refractivity contribution in [3.05, 3.63) is 63.1 Å². The van der Waals surface area contributed by atoms with Gasteiger partial charge in [0, 0.05) is 30.6 Å². The Kier molecular flexibility index (Phi) is 4.37. The van der Waals surface area contributed by atoms with E-state index in [4.69, 9.17) is 23.2 Å². The van der Waals surface area contributed by atoms with Crippen LogP contribution in [0.3, 0.4) is 0 Å². The van der Waals surface area contributed by atoms with Crippen LogP contribution in [0.4, 0.5) is 17.1 Å². The van der Waals surface area contributed by atoms with Crippen LogP contribution in [0.25, 0.3) is 11.1 Å². The van der Waals surface area contributed by atoms with Gasteiger partial charge in [-0.3, -0.25) is 14.8 Å². The zero-order valence-electron chi connectivity index (χ0n) is 12.4. The standard InChI is InChI=1S/C15H11Cl2N5O2/c1-21-8-10(7-18-21)9-2-3-12(13(4-9)22(23)24)19-11-5-14(16)20-15(17)6-11/h2-8H,1H3,(H,19,20). The minimum atomic E-state index is -0.452. The average Bonchev–Trinajstić information content (AvgIpc) is 2.93. The molecule has 1 N–H and O–H groups in total. The number of aromatic nitrogens is 3. The number of hydrogen-bond donors (Lipinski definition) is 1. The Morgan fingerprint density at radius 1 is 1.17 bits per heavy atom. The lowest BCUT2D eigenvalue weighted by atomic mass is 10.1. The molecule has 0 spiro atoms. The van der Waals surface area contributed by atoms with Crippen LogP contribution in [0.1, 0.15) is 0 Å². The van der Waals surface area contributed by atoms with Crippen LogP contribution < -0.4 is 5.32 Å². The van der Waals surface area contributed by atoms with E-state index in [0.29, 0.717) is 16.9 Å². The Bertz CT molecular complexity index is 906. The summed E-state index contributed by atoms with van der Waals surface area (Å²) >= 11 is 11.7. The number of nitrogens with one attached hydrogen (secondary N) is 1. The highest BCUT2D eigenvalue weighted by atomic mass is 35.5. The van der Waals surface area contributed by atoms with E-state index in [1.54, 1.807) is 36.3 Å². The molecule has 0 fully saturated rings. The number of benzene rings is 1. The number of hydrogen-bond acceptors (Lipinski definition) is 5. The zero-order chi connectivity index (χ0) is 17.3. The van der Waals surface area contributed by atoms with Crippen LogP contribution in [0, 0.1) is 10.1 Å². The summed E-state index contributed by atoms with van der Waals surface area (Å²) in [6, 6.07) is 7.96. The van der Waals surface area contributed by atoms with Crippen LogP contribution in [-0.4, -0.2) is 19.7 Å². The Balaban J connectivity index is 2.00. The maximum Gasteiger partial charge on any atom is 0.293 e. The third kappa shape index (κ3) is 3.47. The quantitative estimate of drug-likeness (QED) is 0.420. The van der Waals surface area contributed by atoms with E-state index in [0.717, 1.165) is 5.56 Å². The zero-order valence-corrected chi connectivity index (χ0v) is 13.9. The molecule has 3 rings (SSSR count). The molecule has 2 aromatic heterocycles. The van der Waals surface area contributed by atoms with E-state index in [1.807, 2.05) is 0 Å². The van der Waals surface area contributed by atoms with Crippen molar-refractivity contribution in [2.24, 2.45) is 7.05 Å². The van der Waals surface area contributed by atoms with Crippen LogP contribution >= 0.6 is 23.2 Å². The Morgan fingerprint density at radius 3 is 2.46 bits per heavy atom. The van der Waals surface area contributed by atoms with Gasteiger partial charge in [-0.05, 0) is 23.8 Å². The molecule has 3 aromatic rings. The smallest absolute Gasteiger partial charge is 0.293 e. The second kappa shape index (κ2) is 6.46. The van der Waals surface area contributed by atoms with Crippen molar-refractivity contribution in [3.63, 3.8) is 0 Å². The van der Waals surface area contributed by atoms with Gasteiger partial charge in [0.25, 0.3) is 5.69 Å². The molecule has 0 atom stereocenters. The topological polar surface area (TPSA) is 85.9 Å². The van der Waals surface area contributed by atoms with Gasteiger partial charge in [-0.25, -0.2) is 4.98 Å². The first-order chi connectivity index (χ1) is 11.4. The molecule has 24 heavy (non-hydrogen) atoms. The summed E-state index contributed by atoms with van der Waals surface area (Å²) in [4.78, 5) is 14.8. The molecular weight excluding hydrogens is 353 g/mol. The molecule has 0 unspecified atom stereocenters. The normalized spacial score (nSPS) is 10.6. The van der Waals surface area contributed by atoms with E-state index in [2.05, 4.69) is 15.4 Å². The van der Waals surface area contributed by atoms with Gasteiger partial charge >= 0.3 is 0 Å². The summed E-state index contributed by atoms with van der Waals surface area (Å²) < 4.78 is 1.63. The molecule has 0 aliphatic heterocycles. The highest BCUT2D eigenvalue weighted by molar-refractivity contribution is 6.32. The van der Waals surface area contributed by atoms with Gasteiger partial charge in [-0.2, -0.15) is 5.10 Å². The number of nitro groups is 1. The van der Waals surface area contributed by atoms with Crippen LogP contribution in [0.5, 0.6) is 0 Å². The van der Waals surface area contributed by atoms with Gasteiger partial charge in [0.2, 0.25) is 0 Å². The van der Waals surface area contributed by atoms with E-state index in [1.165, 1.54) is 18.2 Å². The molecule has 0 amide bonds. The van der Waals surface area contributed by atoms with E-state index >= 15 is 0 Å². The molecule has 0 radical (unpaired) electrons. The van der Waals surface area contributed by atoms with Gasteiger partial charge in [-0.1, -0.05) is 29.3 Å². The fourth-order valence-corrected chi connectivity index (χ4v) is 2.69. The first kappa shape index (κ1) is 16.2. The maximum atomic E-state index is 11.4. The fourth-order valence-electron chi connectivity index (χ4n) is 2.23. The number of aryl methyl sites for hydroxylation is 1. The predicted molar refractivity (Wildman–Crippen MR) is 92.8 cm³/mol. The third-order valence-corrected chi connectivity index (χ3v) is 3.66. The molecule has 0 saturated carbocycles. The van der Waals surface area contributed by atoms with Crippen LogP contribution in [0.15, 0.2) is 42.7 Å². The maximum absolute atomic E-state index is 11.4. The van der Waals surface area contributed by atoms with Gasteiger partial charge in [0.05, 0.1) is 11.1 Å². The summed E-state index contributed by atoms with van der Waals surface area (Å²) in [5.74, 6) is 0. The second-order valence-electron chi connectivity index (χ2n) is 5.02. The Hall–Kier alpha value is -2.64. The van der Waals surface area contributed by atoms with Gasteiger partial charge < -0.3 is 5.32 Å². The molecule has 9 heteroatoms. The van der Waals surface area contributed by atoms with E-state index in [9.17, 15) is 10.1 Å². The molecule has 0 saturated heterocycles. The molecule has 2 heterocycles. The lowest BCUT2D eigenvalue weighted by Crippen LogP contribution is -1.98. The van der Waals surface area contributed by atoms with Crippen LogP contribution in [-0.2, 0) is 7.05 Å². The minimum Gasteiger partial charge on any atom is -0.350 e. The summed E-state index contributed by atoms with van der Waals surface area (Å²) in [6.45, 7) is 0. The highest BCUT2D eigenvalue weighted by Crippen LogP contribution is 2.33. The second-order valence-corrected chi connectivity index (χ2v) is 5.79. The molecule has 7 nitrogen and oxygen atoms in total. The monoisotopic (exact) mass is 363 g/mol. The lowest BCUT2D eigenvalue weighted by Gasteiger charge is -2.09. The SMILES string of the molecule is Cn1cc(-c2ccc(Nc3cc(Cl)nc(Cl)c3)c([N+](=O)[O-])c2)cn1. The number of halogens is 2. The molecule has 1 aromatic carbocycles. The first-order valence-corrected chi connectivity index (χ1v) is 7.55. The predicted octanol–water partition coefficient (Wildman–Crippen LogP) is 4.44. The largest absolute Gasteiger partial charge is 0.350 e. The van der Waals surface area contributed by atoms with Crippen molar-refractivity contribution in [3.8, 4) is 11.1 Å². The number of nitro benzene ring substituents is 1. The molecule has 0 aliphatic rings.